The Morgan fingerprint density at radius 2 is 1.90 bits per heavy atom. The number of aryl methyl sites for hydroxylation is 3. The van der Waals surface area contributed by atoms with Crippen molar-refractivity contribution < 1.29 is 15.0 Å². The zero-order chi connectivity index (χ0) is 14.9. The fourth-order valence-corrected chi connectivity index (χ4v) is 2.74. The van der Waals surface area contributed by atoms with Gasteiger partial charge in [0.2, 0.25) is 0 Å². The Hall–Kier alpha value is -1.39. The van der Waals surface area contributed by atoms with Gasteiger partial charge in [-0.1, -0.05) is 6.07 Å². The van der Waals surface area contributed by atoms with Crippen LogP contribution in [0.4, 0.5) is 0 Å². The summed E-state index contributed by atoms with van der Waals surface area (Å²) in [4.78, 5) is 14.3. The van der Waals surface area contributed by atoms with Crippen LogP contribution in [0.25, 0.3) is 0 Å². The van der Waals surface area contributed by atoms with Crippen molar-refractivity contribution in [3.05, 3.63) is 34.4 Å². The van der Waals surface area contributed by atoms with Crippen molar-refractivity contribution in [1.29, 1.82) is 0 Å². The minimum absolute atomic E-state index is 0.0220. The molecule has 1 fully saturated rings. The average molecular weight is 277 g/mol. The second kappa shape index (κ2) is 5.94. The normalized spacial score (nSPS) is 22.9. The standard InChI is InChI=1S/C16H23NO3/c1-10-6-12(3)14(7-11(10)2)16(20)17-5-4-13(9-18)15(19)8-17/h6-7,13,15,18-19H,4-5,8-9H2,1-3H3/t13-,15-/m1/s1. The fraction of sp³-hybridized carbons (Fsp3) is 0.562. The molecule has 0 radical (unpaired) electrons. The van der Waals surface area contributed by atoms with Gasteiger partial charge in [0.25, 0.3) is 5.91 Å². The van der Waals surface area contributed by atoms with Crippen LogP contribution in [-0.4, -0.2) is 46.8 Å². The van der Waals surface area contributed by atoms with Gasteiger partial charge >= 0.3 is 0 Å². The molecule has 0 unspecified atom stereocenters. The smallest absolute Gasteiger partial charge is 0.254 e. The van der Waals surface area contributed by atoms with Gasteiger partial charge in [0.1, 0.15) is 0 Å². The van der Waals surface area contributed by atoms with Crippen LogP contribution in [0, 0.1) is 26.7 Å². The highest BCUT2D eigenvalue weighted by Crippen LogP contribution is 2.22. The maximum absolute atomic E-state index is 12.6. The number of carbonyl (C=O) groups excluding carboxylic acids is 1. The Morgan fingerprint density at radius 1 is 1.25 bits per heavy atom. The van der Waals surface area contributed by atoms with Crippen LogP contribution < -0.4 is 0 Å². The lowest BCUT2D eigenvalue weighted by Crippen LogP contribution is -2.47. The molecule has 1 saturated heterocycles. The highest BCUT2D eigenvalue weighted by molar-refractivity contribution is 5.96. The highest BCUT2D eigenvalue weighted by Gasteiger charge is 2.30. The van der Waals surface area contributed by atoms with Gasteiger partial charge in [-0.2, -0.15) is 0 Å². The molecular weight excluding hydrogens is 254 g/mol. The molecule has 4 heteroatoms. The number of carbonyl (C=O) groups is 1. The number of aliphatic hydroxyl groups is 2. The van der Waals surface area contributed by atoms with E-state index in [-0.39, 0.29) is 18.4 Å². The number of hydrogen-bond donors (Lipinski definition) is 2. The molecule has 0 bridgehead atoms. The van der Waals surface area contributed by atoms with Crippen molar-refractivity contribution in [2.75, 3.05) is 19.7 Å². The van der Waals surface area contributed by atoms with Gasteiger partial charge in [0.05, 0.1) is 6.10 Å². The Bertz CT molecular complexity index is 513. The largest absolute Gasteiger partial charge is 0.396 e. The molecule has 0 aromatic heterocycles. The lowest BCUT2D eigenvalue weighted by molar-refractivity contribution is 0.000843. The van der Waals surface area contributed by atoms with E-state index < -0.39 is 6.10 Å². The first-order chi connectivity index (χ1) is 9.43. The number of amides is 1. The maximum Gasteiger partial charge on any atom is 0.254 e. The average Bonchev–Trinajstić information content (AvgIpc) is 2.42. The summed E-state index contributed by atoms with van der Waals surface area (Å²) in [6.45, 7) is 6.85. The number of nitrogens with zero attached hydrogens (tertiary/aromatic N) is 1. The van der Waals surface area contributed by atoms with Crippen molar-refractivity contribution in [1.82, 2.24) is 4.90 Å². The number of likely N-dealkylation sites (tertiary alicyclic amines) is 1. The minimum atomic E-state index is -0.635. The Balaban J connectivity index is 2.18. The minimum Gasteiger partial charge on any atom is -0.396 e. The molecule has 1 heterocycles. The molecule has 2 rings (SSSR count). The number of benzene rings is 1. The first kappa shape index (κ1) is 15.0. The van der Waals surface area contributed by atoms with Crippen LogP contribution in [-0.2, 0) is 0 Å². The molecule has 1 aromatic rings. The van der Waals surface area contributed by atoms with E-state index in [9.17, 15) is 9.90 Å². The fourth-order valence-electron chi connectivity index (χ4n) is 2.74. The van der Waals surface area contributed by atoms with Gasteiger partial charge in [0, 0.05) is 31.2 Å². The van der Waals surface area contributed by atoms with Gasteiger partial charge in [-0.15, -0.1) is 0 Å². The molecule has 1 aromatic carbocycles. The van der Waals surface area contributed by atoms with E-state index in [1.807, 2.05) is 32.9 Å². The second-order valence-corrected chi connectivity index (χ2v) is 5.80. The van der Waals surface area contributed by atoms with Crippen LogP contribution in [0.15, 0.2) is 12.1 Å². The zero-order valence-corrected chi connectivity index (χ0v) is 12.4. The van der Waals surface area contributed by atoms with Crippen molar-refractivity contribution in [3.8, 4) is 0 Å². The molecule has 110 valence electrons. The molecule has 0 spiro atoms. The highest BCUT2D eigenvalue weighted by atomic mass is 16.3. The second-order valence-electron chi connectivity index (χ2n) is 5.80. The molecule has 0 aliphatic carbocycles. The van der Waals surface area contributed by atoms with Crippen LogP contribution in [0.2, 0.25) is 0 Å². The van der Waals surface area contributed by atoms with Crippen molar-refractivity contribution in [2.45, 2.75) is 33.3 Å². The van der Waals surface area contributed by atoms with Crippen molar-refractivity contribution in [3.63, 3.8) is 0 Å². The zero-order valence-electron chi connectivity index (χ0n) is 12.4. The van der Waals surface area contributed by atoms with E-state index in [2.05, 4.69) is 0 Å². The number of aliphatic hydroxyl groups excluding tert-OH is 2. The van der Waals surface area contributed by atoms with E-state index in [4.69, 9.17) is 5.11 Å². The Labute approximate surface area is 120 Å². The SMILES string of the molecule is Cc1cc(C)c(C(=O)N2CC[C@H](CO)[C@H](O)C2)cc1C. The lowest BCUT2D eigenvalue weighted by atomic mass is 9.93. The summed E-state index contributed by atoms with van der Waals surface area (Å²) in [5.41, 5.74) is 3.96. The monoisotopic (exact) mass is 277 g/mol. The third-order valence-corrected chi connectivity index (χ3v) is 4.31. The Morgan fingerprint density at radius 3 is 2.50 bits per heavy atom. The van der Waals surface area contributed by atoms with E-state index >= 15 is 0 Å². The molecular formula is C16H23NO3. The third-order valence-electron chi connectivity index (χ3n) is 4.31. The number of β-amino-alcohol motifs (C(OH)–C–C–N with tert-alkyl or cyclic N) is 1. The van der Waals surface area contributed by atoms with Gasteiger partial charge in [-0.25, -0.2) is 0 Å². The molecule has 1 aliphatic heterocycles. The lowest BCUT2D eigenvalue weighted by Gasteiger charge is -2.35. The predicted octanol–water partition coefficient (Wildman–Crippen LogP) is 1.43. The first-order valence-corrected chi connectivity index (χ1v) is 7.10. The van der Waals surface area contributed by atoms with E-state index in [1.165, 1.54) is 5.56 Å². The summed E-state index contributed by atoms with van der Waals surface area (Å²) in [5.74, 6) is -0.138. The van der Waals surface area contributed by atoms with Crippen molar-refractivity contribution >= 4 is 5.91 Å². The summed E-state index contributed by atoms with van der Waals surface area (Å²) in [6.07, 6.45) is 0.0115. The molecule has 0 saturated carbocycles. The van der Waals surface area contributed by atoms with Gasteiger partial charge in [-0.05, 0) is 49.9 Å². The van der Waals surface area contributed by atoms with Gasteiger partial charge in [-0.3, -0.25) is 4.79 Å². The van der Waals surface area contributed by atoms with Gasteiger partial charge < -0.3 is 15.1 Å². The van der Waals surface area contributed by atoms with Crippen LogP contribution in [0.3, 0.4) is 0 Å². The molecule has 20 heavy (non-hydrogen) atoms. The van der Waals surface area contributed by atoms with Gasteiger partial charge in [0.15, 0.2) is 0 Å². The summed E-state index contributed by atoms with van der Waals surface area (Å²) in [6, 6.07) is 3.96. The van der Waals surface area contributed by atoms with Crippen LogP contribution >= 0.6 is 0 Å². The van der Waals surface area contributed by atoms with Crippen LogP contribution in [0.1, 0.15) is 33.5 Å². The van der Waals surface area contributed by atoms with Crippen LogP contribution in [0.5, 0.6) is 0 Å². The summed E-state index contributed by atoms with van der Waals surface area (Å²) in [5, 5.41) is 19.1. The summed E-state index contributed by atoms with van der Waals surface area (Å²) >= 11 is 0. The number of hydrogen-bond acceptors (Lipinski definition) is 3. The van der Waals surface area contributed by atoms with E-state index in [1.54, 1.807) is 4.90 Å². The number of piperidine rings is 1. The molecule has 2 atom stereocenters. The summed E-state index contributed by atoms with van der Waals surface area (Å²) in [7, 11) is 0. The quantitative estimate of drug-likeness (QED) is 0.859. The number of rotatable bonds is 2. The summed E-state index contributed by atoms with van der Waals surface area (Å²) < 4.78 is 0. The Kier molecular flexibility index (Phi) is 4.45. The first-order valence-electron chi connectivity index (χ1n) is 7.10. The molecule has 4 nitrogen and oxygen atoms in total. The topological polar surface area (TPSA) is 60.8 Å². The maximum atomic E-state index is 12.6. The molecule has 2 N–H and O–H groups in total. The van der Waals surface area contributed by atoms with Crippen molar-refractivity contribution in [2.24, 2.45) is 5.92 Å². The predicted molar refractivity (Wildman–Crippen MR) is 77.8 cm³/mol. The third kappa shape index (κ3) is 2.86. The van der Waals surface area contributed by atoms with E-state index in [0.29, 0.717) is 25.1 Å². The molecule has 1 amide bonds. The van der Waals surface area contributed by atoms with E-state index in [0.717, 1.165) is 11.1 Å². The molecule has 1 aliphatic rings.